The van der Waals surface area contributed by atoms with E-state index in [2.05, 4.69) is 26.0 Å². The Morgan fingerprint density at radius 2 is 1.65 bits per heavy atom. The van der Waals surface area contributed by atoms with Crippen molar-refractivity contribution in [3.8, 4) is 22.4 Å². The van der Waals surface area contributed by atoms with E-state index in [4.69, 9.17) is 9.72 Å². The van der Waals surface area contributed by atoms with Gasteiger partial charge in [-0.15, -0.1) is 0 Å². The van der Waals surface area contributed by atoms with E-state index in [0.717, 1.165) is 62.0 Å². The van der Waals surface area contributed by atoms with Crippen molar-refractivity contribution < 1.29 is 37.5 Å². The number of rotatable bonds is 15. The third kappa shape index (κ3) is 9.38. The number of aromatic nitrogens is 4. The molecule has 338 valence electrons. The van der Waals surface area contributed by atoms with E-state index in [9.17, 15) is 24.0 Å². The summed E-state index contributed by atoms with van der Waals surface area (Å²) in [5, 5.41) is 13.4. The summed E-state index contributed by atoms with van der Waals surface area (Å²) in [7, 11) is 0. The Morgan fingerprint density at radius 3 is 2.43 bits per heavy atom. The number of unbranched alkanes of at least 4 members (excludes halogenated alkanes) is 4. The summed E-state index contributed by atoms with van der Waals surface area (Å²) < 4.78 is 38.4. The molecule has 0 aliphatic carbocycles. The second-order valence-corrected chi connectivity index (χ2v) is 17.2. The van der Waals surface area contributed by atoms with Crippen LogP contribution < -0.4 is 16.0 Å². The van der Waals surface area contributed by atoms with Crippen molar-refractivity contribution in [3.05, 3.63) is 95.4 Å². The van der Waals surface area contributed by atoms with Crippen LogP contribution in [0.25, 0.3) is 33.4 Å². The fraction of sp³-hybridized carbons (Fsp3) is 0.417. The molecule has 65 heavy (non-hydrogen) atoms. The molecule has 3 N–H and O–H groups in total. The number of carbonyl (C=O) groups is 5. The minimum Gasteiger partial charge on any atom is -0.384 e. The van der Waals surface area contributed by atoms with Crippen molar-refractivity contribution >= 4 is 46.3 Å². The highest BCUT2D eigenvalue weighted by molar-refractivity contribution is 6.25. The van der Waals surface area contributed by atoms with Gasteiger partial charge >= 0.3 is 0 Å². The highest BCUT2D eigenvalue weighted by Crippen LogP contribution is 2.34. The van der Waals surface area contributed by atoms with Crippen LogP contribution in [0.1, 0.15) is 96.5 Å². The third-order valence-corrected chi connectivity index (χ3v) is 12.9. The fourth-order valence-corrected chi connectivity index (χ4v) is 9.36. The van der Waals surface area contributed by atoms with Crippen LogP contribution in [0.2, 0.25) is 0 Å². The number of halogens is 2. The Labute approximate surface area is 374 Å². The monoisotopic (exact) mass is 887 g/mol. The molecular formula is C48H51F2N9O6. The zero-order valence-corrected chi connectivity index (χ0v) is 36.0. The Bertz CT molecular complexity index is 2620. The first-order chi connectivity index (χ1) is 31.6. The highest BCUT2D eigenvalue weighted by Gasteiger charge is 2.45. The zero-order chi connectivity index (χ0) is 45.0. The first-order valence-electron chi connectivity index (χ1n) is 22.6. The first kappa shape index (κ1) is 43.8. The van der Waals surface area contributed by atoms with Gasteiger partial charge < -0.3 is 20.3 Å². The number of nitrogens with one attached hydrogen (secondary N) is 3. The van der Waals surface area contributed by atoms with Crippen molar-refractivity contribution in [2.45, 2.75) is 88.8 Å². The number of anilines is 1. The van der Waals surface area contributed by atoms with E-state index >= 15 is 8.78 Å². The average molecular weight is 888 g/mol. The summed E-state index contributed by atoms with van der Waals surface area (Å²) in [5.74, 6) is -3.21. The van der Waals surface area contributed by atoms with Crippen LogP contribution in [0.3, 0.4) is 0 Å². The molecule has 3 saturated heterocycles. The normalized spacial score (nSPS) is 19.2. The summed E-state index contributed by atoms with van der Waals surface area (Å²) in [6, 6.07) is 12.3. The predicted octanol–water partition coefficient (Wildman–Crippen LogP) is 5.99. The molecule has 3 aromatic carbocycles. The molecule has 9 rings (SSSR count). The van der Waals surface area contributed by atoms with Crippen LogP contribution in [0.15, 0.2) is 67.1 Å². The standard InChI is InChI=1S/C48H51F2N9O6/c49-36-22-29(23-37(50)35(36)24-32-26-51-18-21-65-32)33-8-6-11-39-45(33)55-40(27-53-39)30-25-54-58(28-30)31-15-19-57(20-16-31)43(61)12-4-2-1-3-5-17-52-38-10-7-9-34-44(38)48(64)59(47(34)63)41-13-14-42(60)56-46(41)62/h6-11,22-23,25,27-28,31-32,41,51-52H,1-5,12-21,24,26H2,(H,56,60,62). The molecule has 15 nitrogen and oxygen atoms in total. The Morgan fingerprint density at radius 1 is 0.877 bits per heavy atom. The number of para-hydroxylation sites is 1. The van der Waals surface area contributed by atoms with Gasteiger partial charge in [-0.1, -0.05) is 37.5 Å². The largest absolute Gasteiger partial charge is 0.384 e. The van der Waals surface area contributed by atoms with E-state index in [0.29, 0.717) is 72.7 Å². The minimum absolute atomic E-state index is 0.00592. The van der Waals surface area contributed by atoms with Gasteiger partial charge in [0.15, 0.2) is 0 Å². The molecule has 2 unspecified atom stereocenters. The SMILES string of the molecule is O=C1CCC(N2C(=O)c3cccc(NCCCCCCCC(=O)N4CCC(n5cc(-c6cnc7cccc(-c8cc(F)c(CC9CNCCO9)c(F)c8)c7n6)cn5)CC4)c3C2=O)C(=O)N1. The van der Waals surface area contributed by atoms with E-state index in [1.807, 2.05) is 21.8 Å². The van der Waals surface area contributed by atoms with Crippen LogP contribution in [-0.2, 0) is 25.5 Å². The van der Waals surface area contributed by atoms with Gasteiger partial charge in [0.2, 0.25) is 17.7 Å². The van der Waals surface area contributed by atoms with Gasteiger partial charge in [-0.25, -0.2) is 13.8 Å². The quantitative estimate of drug-likeness (QED) is 0.0831. The number of likely N-dealkylation sites (tertiary alicyclic amines) is 1. The van der Waals surface area contributed by atoms with E-state index in [-0.39, 0.29) is 54.0 Å². The summed E-state index contributed by atoms with van der Waals surface area (Å²) in [4.78, 5) is 76.1. The lowest BCUT2D eigenvalue weighted by molar-refractivity contribution is -0.136. The maximum absolute atomic E-state index is 15.4. The molecule has 3 fully saturated rings. The molecule has 2 atom stereocenters. The van der Waals surface area contributed by atoms with E-state index in [1.54, 1.807) is 42.7 Å². The van der Waals surface area contributed by atoms with E-state index in [1.165, 1.54) is 12.1 Å². The van der Waals surface area contributed by atoms with Crippen molar-refractivity contribution in [2.24, 2.45) is 0 Å². The zero-order valence-electron chi connectivity index (χ0n) is 36.0. The minimum atomic E-state index is -1.01. The number of imide groups is 2. The van der Waals surface area contributed by atoms with Crippen molar-refractivity contribution in [2.75, 3.05) is 44.6 Å². The van der Waals surface area contributed by atoms with Crippen LogP contribution >= 0.6 is 0 Å². The number of ether oxygens (including phenoxy) is 1. The molecule has 6 heterocycles. The number of piperidine rings is 2. The number of nitrogens with zero attached hydrogens (tertiary/aromatic N) is 6. The molecule has 4 aliphatic rings. The summed E-state index contributed by atoms with van der Waals surface area (Å²) >= 11 is 0. The second-order valence-electron chi connectivity index (χ2n) is 17.2. The number of hydrogen-bond donors (Lipinski definition) is 3. The fourth-order valence-electron chi connectivity index (χ4n) is 9.36. The Balaban J connectivity index is 0.715. The number of hydrogen-bond acceptors (Lipinski definition) is 11. The predicted molar refractivity (Wildman–Crippen MR) is 237 cm³/mol. The molecule has 4 aliphatic heterocycles. The third-order valence-electron chi connectivity index (χ3n) is 12.9. The average Bonchev–Trinajstić information content (AvgIpc) is 3.91. The van der Waals surface area contributed by atoms with Crippen molar-refractivity contribution in [1.29, 1.82) is 0 Å². The molecule has 0 spiro atoms. The van der Waals surface area contributed by atoms with Crippen LogP contribution in [0.4, 0.5) is 14.5 Å². The van der Waals surface area contributed by atoms with Gasteiger partial charge in [-0.2, -0.15) is 5.10 Å². The lowest BCUT2D eigenvalue weighted by Gasteiger charge is -2.32. The number of benzene rings is 3. The van der Waals surface area contributed by atoms with E-state index < -0.39 is 41.3 Å². The Kier molecular flexibility index (Phi) is 13.0. The molecule has 0 saturated carbocycles. The summed E-state index contributed by atoms with van der Waals surface area (Å²) in [5.41, 5.74) is 4.49. The molecule has 5 aromatic rings. The van der Waals surface area contributed by atoms with Gasteiger partial charge in [0.05, 0.1) is 59.0 Å². The first-order valence-corrected chi connectivity index (χ1v) is 22.6. The Hall–Kier alpha value is -6.46. The van der Waals surface area contributed by atoms with Gasteiger partial charge in [-0.05, 0) is 68.0 Å². The van der Waals surface area contributed by atoms with Gasteiger partial charge in [-0.3, -0.25) is 43.9 Å². The lowest BCUT2D eigenvalue weighted by Crippen LogP contribution is -2.54. The highest BCUT2D eigenvalue weighted by atomic mass is 19.1. The number of carbonyl (C=O) groups excluding carboxylic acids is 5. The molecule has 2 aromatic heterocycles. The van der Waals surface area contributed by atoms with Crippen molar-refractivity contribution in [1.82, 2.24) is 40.2 Å². The van der Waals surface area contributed by atoms with Crippen LogP contribution in [0, 0.1) is 11.6 Å². The second kappa shape index (κ2) is 19.3. The van der Waals surface area contributed by atoms with Gasteiger partial charge in [0.1, 0.15) is 17.7 Å². The number of morpholine rings is 1. The molecule has 5 amide bonds. The van der Waals surface area contributed by atoms with Crippen molar-refractivity contribution in [3.63, 3.8) is 0 Å². The summed E-state index contributed by atoms with van der Waals surface area (Å²) in [6.07, 6.45) is 11.8. The number of amides is 5. The maximum atomic E-state index is 15.4. The van der Waals surface area contributed by atoms with Gasteiger partial charge in [0.25, 0.3) is 11.8 Å². The van der Waals surface area contributed by atoms with Crippen LogP contribution in [-0.4, -0.2) is 111 Å². The maximum Gasteiger partial charge on any atom is 0.264 e. The van der Waals surface area contributed by atoms with Crippen LogP contribution in [0.5, 0.6) is 0 Å². The lowest BCUT2D eigenvalue weighted by atomic mass is 9.98. The number of fused-ring (bicyclic) bond motifs is 2. The summed E-state index contributed by atoms with van der Waals surface area (Å²) in [6.45, 7) is 3.64. The molecular weight excluding hydrogens is 837 g/mol. The molecule has 17 heteroatoms. The topological polar surface area (TPSA) is 181 Å². The van der Waals surface area contributed by atoms with Gasteiger partial charge in [0, 0.05) is 80.6 Å². The molecule has 0 radical (unpaired) electrons. The molecule has 0 bridgehead atoms. The smallest absolute Gasteiger partial charge is 0.264 e.